The molecule has 6 heteroatoms. The average Bonchev–Trinajstić information content (AvgIpc) is 2.91. The van der Waals surface area contributed by atoms with E-state index in [0.717, 1.165) is 24.0 Å². The van der Waals surface area contributed by atoms with Crippen LogP contribution in [0, 0.1) is 0 Å². The van der Waals surface area contributed by atoms with Crippen LogP contribution >= 0.6 is 0 Å². The molecule has 0 saturated carbocycles. The Kier molecular flexibility index (Phi) is 4.34. The normalized spacial score (nSPS) is 17.2. The fourth-order valence-corrected chi connectivity index (χ4v) is 3.38. The summed E-state index contributed by atoms with van der Waals surface area (Å²) >= 11 is 0. The van der Waals surface area contributed by atoms with E-state index in [9.17, 15) is 8.42 Å². The van der Waals surface area contributed by atoms with Crippen LogP contribution < -0.4 is 10.5 Å². The fraction of sp³-hybridized carbons (Fsp3) is 0.500. The van der Waals surface area contributed by atoms with Crippen molar-refractivity contribution in [3.63, 3.8) is 0 Å². The molecule has 0 aromatic heterocycles. The number of nitrogens with two attached hydrogens (primary N) is 1. The maximum atomic E-state index is 12.0. The summed E-state index contributed by atoms with van der Waals surface area (Å²) in [5, 5.41) is 0. The van der Waals surface area contributed by atoms with E-state index in [0.29, 0.717) is 26.2 Å². The SMILES string of the molecule is NCc1ccccc1CNS(=O)(=O)N1CCCC1. The first kappa shape index (κ1) is 13.5. The van der Waals surface area contributed by atoms with Gasteiger partial charge in [-0.2, -0.15) is 17.4 Å². The van der Waals surface area contributed by atoms with Gasteiger partial charge in [0, 0.05) is 26.2 Å². The molecule has 0 radical (unpaired) electrons. The van der Waals surface area contributed by atoms with Crippen molar-refractivity contribution in [2.24, 2.45) is 5.73 Å². The Morgan fingerprint density at radius 2 is 1.78 bits per heavy atom. The second-order valence-electron chi connectivity index (χ2n) is 4.41. The van der Waals surface area contributed by atoms with Gasteiger partial charge in [0.15, 0.2) is 0 Å². The van der Waals surface area contributed by atoms with Crippen LogP contribution in [0.3, 0.4) is 0 Å². The molecule has 1 saturated heterocycles. The summed E-state index contributed by atoms with van der Waals surface area (Å²) < 4.78 is 28.1. The molecular weight excluding hydrogens is 250 g/mol. The van der Waals surface area contributed by atoms with Crippen molar-refractivity contribution in [3.05, 3.63) is 35.4 Å². The molecule has 0 unspecified atom stereocenters. The van der Waals surface area contributed by atoms with Crippen molar-refractivity contribution in [2.75, 3.05) is 13.1 Å². The van der Waals surface area contributed by atoms with Crippen LogP contribution in [0.25, 0.3) is 0 Å². The highest BCUT2D eigenvalue weighted by Gasteiger charge is 2.24. The predicted octanol–water partition coefficient (Wildman–Crippen LogP) is 0.575. The first-order valence-electron chi connectivity index (χ1n) is 6.15. The van der Waals surface area contributed by atoms with E-state index >= 15 is 0 Å². The molecule has 1 aliphatic rings. The third kappa shape index (κ3) is 3.08. The van der Waals surface area contributed by atoms with Gasteiger partial charge in [-0.15, -0.1) is 0 Å². The smallest absolute Gasteiger partial charge is 0.279 e. The lowest BCUT2D eigenvalue weighted by molar-refractivity contribution is 0.464. The molecule has 2 rings (SSSR count). The van der Waals surface area contributed by atoms with E-state index in [1.165, 1.54) is 4.31 Å². The zero-order valence-corrected chi connectivity index (χ0v) is 11.1. The minimum absolute atomic E-state index is 0.298. The number of nitrogens with one attached hydrogen (secondary N) is 1. The molecule has 0 atom stereocenters. The van der Waals surface area contributed by atoms with Crippen molar-refractivity contribution in [2.45, 2.75) is 25.9 Å². The molecule has 1 heterocycles. The van der Waals surface area contributed by atoms with E-state index in [1.807, 2.05) is 24.3 Å². The zero-order chi connectivity index (χ0) is 13.0. The summed E-state index contributed by atoms with van der Waals surface area (Å²) in [7, 11) is -3.34. The molecule has 18 heavy (non-hydrogen) atoms. The van der Waals surface area contributed by atoms with Crippen molar-refractivity contribution in [3.8, 4) is 0 Å². The van der Waals surface area contributed by atoms with Crippen LogP contribution in [0.2, 0.25) is 0 Å². The number of hydrogen-bond acceptors (Lipinski definition) is 3. The molecule has 3 N–H and O–H groups in total. The van der Waals surface area contributed by atoms with Gasteiger partial charge in [0.2, 0.25) is 0 Å². The summed E-state index contributed by atoms with van der Waals surface area (Å²) in [5.74, 6) is 0. The van der Waals surface area contributed by atoms with Gasteiger partial charge in [0.1, 0.15) is 0 Å². The van der Waals surface area contributed by atoms with E-state index in [4.69, 9.17) is 5.73 Å². The topological polar surface area (TPSA) is 75.4 Å². The first-order valence-corrected chi connectivity index (χ1v) is 7.59. The molecule has 1 fully saturated rings. The Balaban J connectivity index is 2.02. The highest BCUT2D eigenvalue weighted by Crippen LogP contribution is 2.13. The molecule has 1 aromatic rings. The van der Waals surface area contributed by atoms with E-state index < -0.39 is 10.2 Å². The van der Waals surface area contributed by atoms with Crippen LogP contribution in [-0.2, 0) is 23.3 Å². The molecule has 0 amide bonds. The van der Waals surface area contributed by atoms with Gasteiger partial charge < -0.3 is 5.73 Å². The van der Waals surface area contributed by atoms with Gasteiger partial charge in [0.25, 0.3) is 10.2 Å². The molecule has 0 bridgehead atoms. The number of nitrogens with zero attached hydrogens (tertiary/aromatic N) is 1. The minimum atomic E-state index is -3.34. The highest BCUT2D eigenvalue weighted by molar-refractivity contribution is 7.87. The maximum absolute atomic E-state index is 12.0. The van der Waals surface area contributed by atoms with Gasteiger partial charge in [-0.3, -0.25) is 0 Å². The lowest BCUT2D eigenvalue weighted by Gasteiger charge is -2.16. The number of hydrogen-bond donors (Lipinski definition) is 2. The zero-order valence-electron chi connectivity index (χ0n) is 10.3. The molecule has 5 nitrogen and oxygen atoms in total. The van der Waals surface area contributed by atoms with Crippen LogP contribution in [0.5, 0.6) is 0 Å². The maximum Gasteiger partial charge on any atom is 0.279 e. The number of benzene rings is 1. The second kappa shape index (κ2) is 5.79. The van der Waals surface area contributed by atoms with Gasteiger partial charge in [-0.05, 0) is 24.0 Å². The van der Waals surface area contributed by atoms with E-state index in [1.54, 1.807) is 0 Å². The quantitative estimate of drug-likeness (QED) is 0.821. The monoisotopic (exact) mass is 269 g/mol. The Morgan fingerprint density at radius 1 is 1.17 bits per heavy atom. The summed E-state index contributed by atoms with van der Waals surface area (Å²) in [6.07, 6.45) is 1.89. The molecule has 1 aromatic carbocycles. The van der Waals surface area contributed by atoms with Crippen LogP contribution in [-0.4, -0.2) is 25.8 Å². The highest BCUT2D eigenvalue weighted by atomic mass is 32.2. The third-order valence-electron chi connectivity index (χ3n) is 3.19. The van der Waals surface area contributed by atoms with Gasteiger partial charge in [-0.25, -0.2) is 0 Å². The van der Waals surface area contributed by atoms with E-state index in [-0.39, 0.29) is 0 Å². The summed E-state index contributed by atoms with van der Waals surface area (Å²) in [6.45, 7) is 1.95. The van der Waals surface area contributed by atoms with Gasteiger partial charge in [0.05, 0.1) is 0 Å². The Bertz CT molecular complexity index is 496. The van der Waals surface area contributed by atoms with Crippen molar-refractivity contribution < 1.29 is 8.42 Å². The molecular formula is C12H19N3O2S. The third-order valence-corrected chi connectivity index (χ3v) is 4.74. The van der Waals surface area contributed by atoms with Gasteiger partial charge >= 0.3 is 0 Å². The fourth-order valence-electron chi connectivity index (χ4n) is 2.12. The Morgan fingerprint density at radius 3 is 2.39 bits per heavy atom. The minimum Gasteiger partial charge on any atom is -0.326 e. The van der Waals surface area contributed by atoms with Crippen LogP contribution in [0.1, 0.15) is 24.0 Å². The average molecular weight is 269 g/mol. The Hall–Kier alpha value is -0.950. The largest absolute Gasteiger partial charge is 0.326 e. The molecule has 100 valence electrons. The van der Waals surface area contributed by atoms with E-state index in [2.05, 4.69) is 4.72 Å². The summed E-state index contributed by atoms with van der Waals surface area (Å²) in [5.41, 5.74) is 7.53. The molecule has 0 spiro atoms. The lowest BCUT2D eigenvalue weighted by Crippen LogP contribution is -2.38. The molecule has 0 aliphatic carbocycles. The van der Waals surface area contributed by atoms with Crippen molar-refractivity contribution >= 4 is 10.2 Å². The second-order valence-corrected chi connectivity index (χ2v) is 6.16. The first-order chi connectivity index (χ1) is 8.63. The summed E-state index contributed by atoms with van der Waals surface area (Å²) in [6, 6.07) is 7.60. The summed E-state index contributed by atoms with van der Waals surface area (Å²) in [4.78, 5) is 0. The molecule has 1 aliphatic heterocycles. The van der Waals surface area contributed by atoms with Crippen LogP contribution in [0.4, 0.5) is 0 Å². The van der Waals surface area contributed by atoms with Crippen molar-refractivity contribution in [1.29, 1.82) is 0 Å². The van der Waals surface area contributed by atoms with Crippen molar-refractivity contribution in [1.82, 2.24) is 9.03 Å². The predicted molar refractivity (Wildman–Crippen MR) is 70.9 cm³/mol. The Labute approximate surface area is 108 Å². The number of rotatable bonds is 5. The standard InChI is InChI=1S/C12H19N3O2S/c13-9-11-5-1-2-6-12(11)10-14-18(16,17)15-7-3-4-8-15/h1-2,5-6,14H,3-4,7-10,13H2. The van der Waals surface area contributed by atoms with Crippen LogP contribution in [0.15, 0.2) is 24.3 Å². The van der Waals surface area contributed by atoms with Gasteiger partial charge in [-0.1, -0.05) is 24.3 Å². The lowest BCUT2D eigenvalue weighted by atomic mass is 10.1.